The first kappa shape index (κ1) is 19.8. The van der Waals surface area contributed by atoms with Crippen LogP contribution in [0.5, 0.6) is 11.5 Å². The number of rotatable bonds is 7. The maximum atomic E-state index is 12.1. The summed E-state index contributed by atoms with van der Waals surface area (Å²) in [4.78, 5) is 14.3. The molecule has 1 amide bonds. The molecule has 2 aromatic rings. The molecular formula is C19H22BrN3O3. The summed E-state index contributed by atoms with van der Waals surface area (Å²) in [6.07, 6.45) is 1.41. The number of phenolic OH excluding ortho intramolecular Hbond substituents is 1. The van der Waals surface area contributed by atoms with Gasteiger partial charge < -0.3 is 14.7 Å². The molecule has 0 aliphatic rings. The topological polar surface area (TPSA) is 74.2 Å². The minimum atomic E-state index is -0.358. The van der Waals surface area contributed by atoms with Crippen LogP contribution < -0.4 is 15.1 Å². The zero-order valence-corrected chi connectivity index (χ0v) is 16.6. The van der Waals surface area contributed by atoms with Gasteiger partial charge in [0.1, 0.15) is 11.5 Å². The lowest BCUT2D eigenvalue weighted by atomic mass is 10.2. The van der Waals surface area contributed by atoms with Crippen LogP contribution in [-0.2, 0) is 0 Å². The van der Waals surface area contributed by atoms with Crippen molar-refractivity contribution in [2.45, 2.75) is 13.8 Å². The average Bonchev–Trinajstić information content (AvgIpc) is 2.64. The summed E-state index contributed by atoms with van der Waals surface area (Å²) in [6.45, 7) is 5.83. The van der Waals surface area contributed by atoms with Crippen LogP contribution in [0.2, 0.25) is 0 Å². The molecule has 7 heteroatoms. The molecule has 0 atom stereocenters. The Bertz CT molecular complexity index is 805. The number of methoxy groups -OCH3 is 1. The van der Waals surface area contributed by atoms with Gasteiger partial charge in [-0.25, -0.2) is 5.43 Å². The van der Waals surface area contributed by atoms with Crippen LogP contribution in [0.3, 0.4) is 0 Å². The molecule has 0 unspecified atom stereocenters. The maximum absolute atomic E-state index is 12.1. The van der Waals surface area contributed by atoms with Gasteiger partial charge in [-0.1, -0.05) is 0 Å². The maximum Gasteiger partial charge on any atom is 0.271 e. The lowest BCUT2D eigenvalue weighted by Crippen LogP contribution is -2.21. The number of halogens is 1. The third-order valence-electron chi connectivity index (χ3n) is 3.93. The molecule has 0 aliphatic heterocycles. The quantitative estimate of drug-likeness (QED) is 0.528. The van der Waals surface area contributed by atoms with E-state index in [4.69, 9.17) is 4.74 Å². The first-order chi connectivity index (χ1) is 12.5. The van der Waals surface area contributed by atoms with Crippen LogP contribution in [0.25, 0.3) is 0 Å². The highest BCUT2D eigenvalue weighted by Gasteiger charge is 2.09. The van der Waals surface area contributed by atoms with E-state index in [1.807, 2.05) is 6.07 Å². The summed E-state index contributed by atoms with van der Waals surface area (Å²) in [5, 5.41) is 14.1. The summed E-state index contributed by atoms with van der Waals surface area (Å²) in [5.41, 5.74) is 4.35. The normalized spacial score (nSPS) is 10.8. The number of aromatic hydroxyl groups is 1. The molecule has 2 aromatic carbocycles. The van der Waals surface area contributed by atoms with Crippen molar-refractivity contribution in [1.29, 1.82) is 0 Å². The van der Waals surface area contributed by atoms with Crippen LogP contribution in [0.15, 0.2) is 46.0 Å². The van der Waals surface area contributed by atoms with Crippen LogP contribution in [0, 0.1) is 0 Å². The van der Waals surface area contributed by atoms with Crippen molar-refractivity contribution in [1.82, 2.24) is 5.43 Å². The van der Waals surface area contributed by atoms with Gasteiger partial charge in [0, 0.05) is 36.0 Å². The van der Waals surface area contributed by atoms with E-state index in [1.165, 1.54) is 6.21 Å². The fourth-order valence-corrected chi connectivity index (χ4v) is 3.00. The molecule has 0 fully saturated rings. The number of benzene rings is 2. The van der Waals surface area contributed by atoms with Crippen molar-refractivity contribution >= 4 is 33.7 Å². The summed E-state index contributed by atoms with van der Waals surface area (Å²) in [5.74, 6) is 0.395. The van der Waals surface area contributed by atoms with Gasteiger partial charge in [-0.3, -0.25) is 4.79 Å². The number of anilines is 1. The van der Waals surface area contributed by atoms with Gasteiger partial charge in [0.15, 0.2) is 0 Å². The number of nitrogens with zero attached hydrogens (tertiary/aromatic N) is 2. The summed E-state index contributed by atoms with van der Waals surface area (Å²) >= 11 is 3.34. The van der Waals surface area contributed by atoms with Gasteiger partial charge in [0.25, 0.3) is 5.91 Å². The van der Waals surface area contributed by atoms with Crippen LogP contribution >= 0.6 is 15.9 Å². The minimum absolute atomic E-state index is 0.111. The highest BCUT2D eigenvalue weighted by Crippen LogP contribution is 2.25. The number of carbonyl (C=O) groups is 1. The van der Waals surface area contributed by atoms with Gasteiger partial charge in [0.2, 0.25) is 0 Å². The van der Waals surface area contributed by atoms with E-state index in [2.05, 4.69) is 45.2 Å². The molecule has 0 aromatic heterocycles. The van der Waals surface area contributed by atoms with Gasteiger partial charge in [-0.15, -0.1) is 0 Å². The van der Waals surface area contributed by atoms with Gasteiger partial charge in [-0.05, 0) is 60.1 Å². The monoisotopic (exact) mass is 419 g/mol. The van der Waals surface area contributed by atoms with Crippen LogP contribution in [0.4, 0.5) is 5.69 Å². The van der Waals surface area contributed by atoms with E-state index in [1.54, 1.807) is 37.4 Å². The molecule has 0 saturated heterocycles. The number of hydrogen-bond donors (Lipinski definition) is 2. The third-order valence-corrected chi connectivity index (χ3v) is 4.55. The highest BCUT2D eigenvalue weighted by atomic mass is 79.9. The van der Waals surface area contributed by atoms with E-state index >= 15 is 0 Å². The fraction of sp³-hybridized carbons (Fsp3) is 0.263. The zero-order chi connectivity index (χ0) is 19.1. The Labute approximate surface area is 161 Å². The summed E-state index contributed by atoms with van der Waals surface area (Å²) in [7, 11) is 1.56. The number of nitrogens with one attached hydrogen (secondary N) is 1. The Balaban J connectivity index is 2.06. The SMILES string of the molecule is CCN(CC)c1ccc(C=NNC(=O)c2ccc(OC)c(Br)c2)c(O)c1. The second-order valence-electron chi connectivity index (χ2n) is 5.46. The molecule has 0 bridgehead atoms. The average molecular weight is 420 g/mol. The van der Waals surface area contributed by atoms with Crippen molar-refractivity contribution in [3.05, 3.63) is 52.0 Å². The number of hydrogen-bond acceptors (Lipinski definition) is 5. The summed E-state index contributed by atoms with van der Waals surface area (Å²) in [6, 6.07) is 10.4. The molecule has 2 N–H and O–H groups in total. The fourth-order valence-electron chi connectivity index (χ4n) is 2.46. The van der Waals surface area contributed by atoms with Crippen molar-refractivity contribution in [2.24, 2.45) is 5.10 Å². The Morgan fingerprint density at radius 1 is 1.27 bits per heavy atom. The third kappa shape index (κ3) is 4.76. The molecule has 2 rings (SSSR count). The number of hydrazone groups is 1. The van der Waals surface area contributed by atoms with Crippen molar-refractivity contribution < 1.29 is 14.6 Å². The highest BCUT2D eigenvalue weighted by molar-refractivity contribution is 9.10. The molecule has 26 heavy (non-hydrogen) atoms. The second kappa shape index (κ2) is 9.24. The van der Waals surface area contributed by atoms with E-state index in [-0.39, 0.29) is 11.7 Å². The van der Waals surface area contributed by atoms with Gasteiger partial charge in [-0.2, -0.15) is 5.10 Å². The number of phenols is 1. The standard InChI is InChI=1S/C19H22BrN3O3/c1-4-23(5-2)15-8-6-14(17(24)11-15)12-21-22-19(25)13-7-9-18(26-3)16(20)10-13/h6-12,24H,4-5H2,1-3H3,(H,22,25). The van der Waals surface area contributed by atoms with Crippen molar-refractivity contribution in [2.75, 3.05) is 25.1 Å². The Morgan fingerprint density at radius 3 is 2.58 bits per heavy atom. The summed E-state index contributed by atoms with van der Waals surface area (Å²) < 4.78 is 5.82. The predicted octanol–water partition coefficient (Wildman–Crippen LogP) is 3.77. The Hall–Kier alpha value is -2.54. The Morgan fingerprint density at radius 2 is 2.00 bits per heavy atom. The molecule has 138 valence electrons. The van der Waals surface area contributed by atoms with Crippen LogP contribution in [-0.4, -0.2) is 37.4 Å². The van der Waals surface area contributed by atoms with Crippen molar-refractivity contribution in [3.63, 3.8) is 0 Å². The first-order valence-electron chi connectivity index (χ1n) is 8.25. The molecule has 0 saturated carbocycles. The zero-order valence-electron chi connectivity index (χ0n) is 15.0. The molecule has 0 heterocycles. The number of carbonyl (C=O) groups excluding carboxylic acids is 1. The molecule has 6 nitrogen and oxygen atoms in total. The molecular weight excluding hydrogens is 398 g/mol. The minimum Gasteiger partial charge on any atom is -0.507 e. The molecule has 0 spiro atoms. The smallest absolute Gasteiger partial charge is 0.271 e. The number of amides is 1. The molecule has 0 radical (unpaired) electrons. The van der Waals surface area contributed by atoms with Gasteiger partial charge in [0.05, 0.1) is 17.8 Å². The van der Waals surface area contributed by atoms with E-state index < -0.39 is 0 Å². The lowest BCUT2D eigenvalue weighted by Gasteiger charge is -2.21. The first-order valence-corrected chi connectivity index (χ1v) is 9.04. The molecule has 0 aliphatic carbocycles. The van der Waals surface area contributed by atoms with Crippen LogP contribution in [0.1, 0.15) is 29.8 Å². The number of ether oxygens (including phenoxy) is 1. The largest absolute Gasteiger partial charge is 0.507 e. The van der Waals surface area contributed by atoms with E-state index in [9.17, 15) is 9.90 Å². The van der Waals surface area contributed by atoms with E-state index in [0.29, 0.717) is 21.3 Å². The predicted molar refractivity (Wildman–Crippen MR) is 107 cm³/mol. The van der Waals surface area contributed by atoms with E-state index in [0.717, 1.165) is 18.8 Å². The Kier molecular flexibility index (Phi) is 7.03. The lowest BCUT2D eigenvalue weighted by molar-refractivity contribution is 0.0955. The van der Waals surface area contributed by atoms with Crippen molar-refractivity contribution in [3.8, 4) is 11.5 Å². The second-order valence-corrected chi connectivity index (χ2v) is 6.32. The van der Waals surface area contributed by atoms with Gasteiger partial charge >= 0.3 is 0 Å².